The van der Waals surface area contributed by atoms with E-state index in [1.165, 1.54) is 12.8 Å². The first-order valence-electron chi connectivity index (χ1n) is 6.11. The molecule has 17 heavy (non-hydrogen) atoms. The van der Waals surface area contributed by atoms with Gasteiger partial charge in [0.15, 0.2) is 0 Å². The third-order valence-electron chi connectivity index (χ3n) is 1.22. The highest BCUT2D eigenvalue weighted by Crippen LogP contribution is 1.81. The van der Waals surface area contributed by atoms with Gasteiger partial charge in [0.1, 0.15) is 0 Å². The van der Waals surface area contributed by atoms with Gasteiger partial charge in [-0.25, -0.2) is 0 Å². The highest BCUT2D eigenvalue weighted by atomic mass is 13.7. The predicted octanol–water partition coefficient (Wildman–Crippen LogP) is 6.97. The number of hydrogen-bond acceptors (Lipinski definition) is 0. The Hall–Kier alpha value is -1.04. The maximum absolute atomic E-state index is 3.48. The van der Waals surface area contributed by atoms with Crippen LogP contribution < -0.4 is 0 Å². The van der Waals surface area contributed by atoms with E-state index < -0.39 is 0 Å². The van der Waals surface area contributed by atoms with E-state index in [9.17, 15) is 0 Å². The highest BCUT2D eigenvalue weighted by molar-refractivity contribution is 4.77. The van der Waals surface area contributed by atoms with Crippen LogP contribution in [0.4, 0.5) is 0 Å². The summed E-state index contributed by atoms with van der Waals surface area (Å²) in [5, 5.41) is 0. The second-order valence-electron chi connectivity index (χ2n) is 2.68. The normalized spacial score (nSPS) is 6.82. The molecule has 0 aromatic rings. The Morgan fingerprint density at radius 2 is 0.824 bits per heavy atom. The third-order valence-corrected chi connectivity index (χ3v) is 1.22. The molecule has 0 bridgehead atoms. The summed E-state index contributed by atoms with van der Waals surface area (Å²) in [7, 11) is 0. The van der Waals surface area contributed by atoms with Crippen LogP contribution in [0.15, 0.2) is 50.6 Å². The molecule has 0 aromatic carbocycles. The summed E-state index contributed by atoms with van der Waals surface area (Å²) in [6.07, 6.45) is 12.6. The molecule has 0 aliphatic carbocycles. The van der Waals surface area contributed by atoms with Gasteiger partial charge in [-0.05, 0) is 25.7 Å². The van der Waals surface area contributed by atoms with Crippen LogP contribution in [0.3, 0.4) is 0 Å². The Morgan fingerprint density at radius 1 is 0.647 bits per heavy atom. The van der Waals surface area contributed by atoms with E-state index in [1.807, 2.05) is 12.2 Å². The molecule has 0 unspecified atom stereocenters. The van der Waals surface area contributed by atoms with Crippen molar-refractivity contribution in [2.45, 2.75) is 60.8 Å². The van der Waals surface area contributed by atoms with Crippen LogP contribution in [0.5, 0.6) is 0 Å². The lowest BCUT2D eigenvalue weighted by molar-refractivity contribution is 1.16. The molecule has 0 aliphatic heterocycles. The van der Waals surface area contributed by atoms with Gasteiger partial charge in [-0.15, -0.1) is 26.3 Å². The van der Waals surface area contributed by atoms with Gasteiger partial charge >= 0.3 is 0 Å². The summed E-state index contributed by atoms with van der Waals surface area (Å²) >= 11 is 0. The summed E-state index contributed by atoms with van der Waals surface area (Å²) in [4.78, 5) is 0. The van der Waals surface area contributed by atoms with Crippen LogP contribution >= 0.6 is 0 Å². The monoisotopic (exact) mass is 240 g/mol. The Labute approximate surface area is 112 Å². The van der Waals surface area contributed by atoms with Crippen molar-refractivity contribution in [3.8, 4) is 0 Å². The van der Waals surface area contributed by atoms with Crippen LogP contribution in [0, 0.1) is 0 Å². The minimum atomic E-state index is 0. The fraction of sp³-hybridized carbons (Fsp3) is 0.529. The van der Waals surface area contributed by atoms with Crippen molar-refractivity contribution >= 4 is 0 Å². The second-order valence-corrected chi connectivity index (χ2v) is 2.68. The first-order chi connectivity index (χ1) is 7.74. The lowest BCUT2D eigenvalue weighted by Gasteiger charge is -1.72. The molecular formula is C17H36. The zero-order valence-electron chi connectivity index (χ0n) is 12.0. The summed E-state index contributed by atoms with van der Waals surface area (Å²) in [6, 6.07) is 0. The van der Waals surface area contributed by atoms with Crippen LogP contribution in [0.2, 0.25) is 0 Å². The van der Waals surface area contributed by atoms with Gasteiger partial charge in [-0.1, -0.05) is 59.4 Å². The van der Waals surface area contributed by atoms with Crippen molar-refractivity contribution in [3.05, 3.63) is 50.6 Å². The van der Waals surface area contributed by atoms with Crippen molar-refractivity contribution in [3.63, 3.8) is 0 Å². The minimum Gasteiger partial charge on any atom is -0.106 e. The Balaban J connectivity index is -0.0000000393. The van der Waals surface area contributed by atoms with Crippen LogP contribution in [-0.2, 0) is 0 Å². The van der Waals surface area contributed by atoms with Crippen molar-refractivity contribution in [2.75, 3.05) is 0 Å². The van der Waals surface area contributed by atoms with E-state index in [4.69, 9.17) is 0 Å². The molecule has 0 N–H and O–H groups in total. The molecule has 0 aliphatic rings. The van der Waals surface area contributed by atoms with Gasteiger partial charge in [0.05, 0.1) is 0 Å². The smallest absolute Gasteiger partial charge is 0.0379 e. The highest BCUT2D eigenvalue weighted by Gasteiger charge is 1.60. The molecular weight excluding hydrogens is 204 g/mol. The molecule has 0 radical (unpaired) electrons. The van der Waals surface area contributed by atoms with Crippen LogP contribution in [0.25, 0.3) is 0 Å². The largest absolute Gasteiger partial charge is 0.106 e. The summed E-state index contributed by atoms with van der Waals surface area (Å²) in [6.45, 7) is 21.4. The van der Waals surface area contributed by atoms with E-state index in [-0.39, 0.29) is 7.43 Å². The van der Waals surface area contributed by atoms with Crippen molar-refractivity contribution in [1.82, 2.24) is 0 Å². The molecule has 0 heterocycles. The third kappa shape index (κ3) is 160. The summed E-state index contributed by atoms with van der Waals surface area (Å²) in [5.74, 6) is 0. The molecule has 0 spiro atoms. The Kier molecular flexibility index (Phi) is 105. The van der Waals surface area contributed by atoms with Gasteiger partial charge in [0.25, 0.3) is 0 Å². The van der Waals surface area contributed by atoms with Gasteiger partial charge in [0.2, 0.25) is 0 Å². The lowest BCUT2D eigenvalue weighted by atomic mass is 10.4. The molecule has 0 amide bonds. The Morgan fingerprint density at radius 3 is 0.882 bits per heavy atom. The number of rotatable bonds is 4. The van der Waals surface area contributed by atoms with E-state index in [1.54, 1.807) is 0 Å². The zero-order chi connectivity index (χ0) is 13.7. The molecule has 104 valence electrons. The minimum absolute atomic E-state index is 0. The molecule has 0 aromatic heterocycles. The average molecular weight is 240 g/mol. The molecule has 0 fully saturated rings. The SMILES string of the molecule is C.C=C.C=CCC.C=CCC.CC/C=C\CC. The molecule has 0 heteroatoms. The zero-order valence-corrected chi connectivity index (χ0v) is 12.0. The molecule has 0 saturated heterocycles. The first kappa shape index (κ1) is 29.7. The molecule has 0 atom stereocenters. The van der Waals surface area contributed by atoms with Crippen LogP contribution in [-0.4, -0.2) is 0 Å². The lowest BCUT2D eigenvalue weighted by Crippen LogP contribution is -1.51. The molecule has 0 saturated carbocycles. The summed E-state index contributed by atoms with van der Waals surface area (Å²) < 4.78 is 0. The fourth-order valence-corrected chi connectivity index (χ4v) is 0.333. The number of hydrogen-bond donors (Lipinski definition) is 0. The van der Waals surface area contributed by atoms with E-state index in [2.05, 4.69) is 66.2 Å². The van der Waals surface area contributed by atoms with E-state index in [0.717, 1.165) is 12.8 Å². The average Bonchev–Trinajstić information content (AvgIpc) is 2.39. The fourth-order valence-electron chi connectivity index (χ4n) is 0.333. The molecule has 0 nitrogen and oxygen atoms in total. The maximum Gasteiger partial charge on any atom is -0.0379 e. The number of allylic oxidation sites excluding steroid dienone is 4. The summed E-state index contributed by atoms with van der Waals surface area (Å²) in [5.41, 5.74) is 0. The first-order valence-corrected chi connectivity index (χ1v) is 6.11. The predicted molar refractivity (Wildman–Crippen MR) is 88.7 cm³/mol. The second kappa shape index (κ2) is 60.2. The standard InChI is InChI=1S/C6H12.2C4H8.C2H4.CH4/c1-3-5-6-4-2;2*1-3-4-2;1-2;/h5-6H,3-4H2,1-2H3;2*3H,1,4H2,2H3;1-2H2;1H4/b6-5-;;;;. The van der Waals surface area contributed by atoms with Crippen molar-refractivity contribution in [2.24, 2.45) is 0 Å². The van der Waals surface area contributed by atoms with Gasteiger partial charge < -0.3 is 0 Å². The van der Waals surface area contributed by atoms with Crippen molar-refractivity contribution in [1.29, 1.82) is 0 Å². The quantitative estimate of drug-likeness (QED) is 0.466. The van der Waals surface area contributed by atoms with Gasteiger partial charge in [0, 0.05) is 0 Å². The topological polar surface area (TPSA) is 0 Å². The maximum atomic E-state index is 3.48. The van der Waals surface area contributed by atoms with Crippen molar-refractivity contribution < 1.29 is 0 Å². The van der Waals surface area contributed by atoms with E-state index >= 15 is 0 Å². The van der Waals surface area contributed by atoms with Gasteiger partial charge in [-0.2, -0.15) is 0 Å². The van der Waals surface area contributed by atoms with Gasteiger partial charge in [-0.3, -0.25) is 0 Å². The van der Waals surface area contributed by atoms with E-state index in [0.29, 0.717) is 0 Å². The molecule has 0 rings (SSSR count). The van der Waals surface area contributed by atoms with Crippen LogP contribution in [0.1, 0.15) is 60.8 Å². The Bertz CT molecular complexity index is 106.